The van der Waals surface area contributed by atoms with Gasteiger partial charge in [-0.2, -0.15) is 0 Å². The molecule has 124 valence electrons. The van der Waals surface area contributed by atoms with Crippen molar-refractivity contribution in [2.75, 3.05) is 14.2 Å². The first-order valence-corrected chi connectivity index (χ1v) is 7.98. The maximum atomic E-state index is 10.8. The molecule has 24 heavy (non-hydrogen) atoms. The summed E-state index contributed by atoms with van der Waals surface area (Å²) < 4.78 is 13.0. The van der Waals surface area contributed by atoms with Crippen LogP contribution in [0.1, 0.15) is 17.5 Å². The molecule has 0 radical (unpaired) electrons. The smallest absolute Gasteiger partial charge is 0.123 e. The number of fused-ring (bicyclic) bond motifs is 1. The molecule has 1 heterocycles. The molecule has 3 rings (SSSR count). The third-order valence-corrected chi connectivity index (χ3v) is 4.24. The third kappa shape index (κ3) is 3.13. The first kappa shape index (κ1) is 16.1. The molecule has 0 N–H and O–H groups in total. The molecular weight excluding hydrogens is 302 g/mol. The van der Waals surface area contributed by atoms with Crippen LogP contribution >= 0.6 is 0 Å². The molecule has 0 bridgehead atoms. The number of aromatic nitrogens is 1. The summed E-state index contributed by atoms with van der Waals surface area (Å²) >= 11 is 0. The van der Waals surface area contributed by atoms with Crippen molar-refractivity contribution in [2.45, 2.75) is 19.4 Å². The second kappa shape index (κ2) is 7.21. The van der Waals surface area contributed by atoms with Crippen LogP contribution in [0.5, 0.6) is 11.5 Å². The van der Waals surface area contributed by atoms with Gasteiger partial charge in [-0.05, 0) is 36.2 Å². The number of methoxy groups -OCH3 is 2. The van der Waals surface area contributed by atoms with E-state index in [1.54, 1.807) is 14.2 Å². The highest BCUT2D eigenvalue weighted by molar-refractivity contribution is 5.85. The summed E-state index contributed by atoms with van der Waals surface area (Å²) in [5.74, 6) is 1.70. The van der Waals surface area contributed by atoms with Gasteiger partial charge < -0.3 is 18.8 Å². The summed E-state index contributed by atoms with van der Waals surface area (Å²) in [5.41, 5.74) is 3.41. The van der Waals surface area contributed by atoms with Crippen molar-refractivity contribution >= 4 is 17.2 Å². The molecule has 0 fully saturated rings. The van der Waals surface area contributed by atoms with Crippen molar-refractivity contribution in [3.05, 3.63) is 59.8 Å². The van der Waals surface area contributed by atoms with Crippen LogP contribution < -0.4 is 9.47 Å². The maximum Gasteiger partial charge on any atom is 0.123 e. The Hall–Kier alpha value is -2.75. The van der Waals surface area contributed by atoms with E-state index >= 15 is 0 Å². The predicted octanol–water partition coefficient (Wildman–Crippen LogP) is 3.84. The Morgan fingerprint density at radius 1 is 1.04 bits per heavy atom. The zero-order chi connectivity index (χ0) is 16.9. The minimum Gasteiger partial charge on any atom is -0.497 e. The van der Waals surface area contributed by atoms with Gasteiger partial charge in [-0.3, -0.25) is 0 Å². The third-order valence-electron chi connectivity index (χ3n) is 4.24. The van der Waals surface area contributed by atoms with E-state index in [1.807, 2.05) is 30.3 Å². The fraction of sp³-hybridized carbons (Fsp3) is 0.250. The first-order valence-electron chi connectivity index (χ1n) is 7.98. The van der Waals surface area contributed by atoms with E-state index in [4.69, 9.17) is 9.47 Å². The Bertz CT molecular complexity index is 851. The normalized spacial score (nSPS) is 10.8. The van der Waals surface area contributed by atoms with E-state index in [-0.39, 0.29) is 0 Å². The molecule has 0 atom stereocenters. The topological polar surface area (TPSA) is 40.5 Å². The molecule has 0 aliphatic carbocycles. The number of benzene rings is 2. The molecule has 1 aromatic heterocycles. The van der Waals surface area contributed by atoms with Crippen LogP contribution in [0.4, 0.5) is 0 Å². The highest BCUT2D eigenvalue weighted by Crippen LogP contribution is 2.29. The molecule has 4 nitrogen and oxygen atoms in total. The van der Waals surface area contributed by atoms with Gasteiger partial charge in [-0.15, -0.1) is 0 Å². The van der Waals surface area contributed by atoms with Gasteiger partial charge in [0.25, 0.3) is 0 Å². The molecule has 0 aliphatic heterocycles. The minimum absolute atomic E-state index is 0.519. The molecule has 0 aliphatic rings. The lowest BCUT2D eigenvalue weighted by Crippen LogP contribution is -2.00. The van der Waals surface area contributed by atoms with Crippen molar-refractivity contribution in [2.24, 2.45) is 0 Å². The van der Waals surface area contributed by atoms with Gasteiger partial charge in [0.2, 0.25) is 0 Å². The summed E-state index contributed by atoms with van der Waals surface area (Å²) in [7, 11) is 3.35. The predicted molar refractivity (Wildman–Crippen MR) is 95.0 cm³/mol. The molecule has 2 aromatic carbocycles. The first-order chi connectivity index (χ1) is 11.8. The van der Waals surface area contributed by atoms with Gasteiger partial charge in [0.05, 0.1) is 20.8 Å². The van der Waals surface area contributed by atoms with Gasteiger partial charge in [-0.25, -0.2) is 0 Å². The van der Waals surface area contributed by atoms with Crippen LogP contribution in [-0.2, 0) is 17.8 Å². The van der Waals surface area contributed by atoms with Gasteiger partial charge in [0.1, 0.15) is 17.8 Å². The largest absolute Gasteiger partial charge is 0.497 e. The van der Waals surface area contributed by atoms with Crippen LogP contribution in [0.15, 0.2) is 48.7 Å². The van der Waals surface area contributed by atoms with Gasteiger partial charge >= 0.3 is 0 Å². The average Bonchev–Trinajstić information content (AvgIpc) is 2.97. The van der Waals surface area contributed by atoms with Crippen LogP contribution in [0.25, 0.3) is 10.9 Å². The average molecular weight is 323 g/mol. The number of hydrogen-bond acceptors (Lipinski definition) is 3. The van der Waals surface area contributed by atoms with E-state index in [0.29, 0.717) is 13.0 Å². The number of aryl methyl sites for hydroxylation is 1. The number of para-hydroxylation sites is 1. The monoisotopic (exact) mass is 323 g/mol. The van der Waals surface area contributed by atoms with E-state index in [0.717, 1.165) is 46.2 Å². The quantitative estimate of drug-likeness (QED) is 0.620. The Kier molecular flexibility index (Phi) is 4.85. The molecule has 0 saturated carbocycles. The standard InChI is InChI=1S/C20H21NO3/c1-23-17-9-10-19-18(12-17)15(7-5-11-22)13-21(19)14-16-6-3-4-8-20(16)24-2/h3-4,6,8-13H,5,7,14H2,1-2H3. The Balaban J connectivity index is 2.05. The number of carbonyl (C=O) groups is 1. The van der Waals surface area contributed by atoms with Gasteiger partial charge in [-0.1, -0.05) is 18.2 Å². The van der Waals surface area contributed by atoms with Crippen LogP contribution in [0, 0.1) is 0 Å². The molecule has 0 amide bonds. The number of rotatable bonds is 7. The number of hydrogen-bond donors (Lipinski definition) is 0. The number of ether oxygens (including phenoxy) is 2. The van der Waals surface area contributed by atoms with Crippen LogP contribution in [0.3, 0.4) is 0 Å². The van der Waals surface area contributed by atoms with E-state index < -0.39 is 0 Å². The lowest BCUT2D eigenvalue weighted by atomic mass is 10.1. The molecule has 4 heteroatoms. The van der Waals surface area contributed by atoms with Crippen LogP contribution in [-0.4, -0.2) is 25.1 Å². The fourth-order valence-corrected chi connectivity index (χ4v) is 3.04. The molecule has 0 spiro atoms. The van der Waals surface area contributed by atoms with E-state index in [9.17, 15) is 4.79 Å². The Labute approximate surface area is 141 Å². The van der Waals surface area contributed by atoms with Gasteiger partial charge in [0, 0.05) is 29.1 Å². The van der Waals surface area contributed by atoms with Crippen molar-refractivity contribution < 1.29 is 14.3 Å². The lowest BCUT2D eigenvalue weighted by Gasteiger charge is -2.10. The number of aldehydes is 1. The highest BCUT2D eigenvalue weighted by Gasteiger charge is 2.11. The highest BCUT2D eigenvalue weighted by atomic mass is 16.5. The summed E-state index contributed by atoms with van der Waals surface area (Å²) in [6.45, 7) is 0.716. The lowest BCUT2D eigenvalue weighted by molar-refractivity contribution is -0.107. The number of carbonyl (C=O) groups excluding carboxylic acids is 1. The van der Waals surface area contributed by atoms with Crippen molar-refractivity contribution in [3.8, 4) is 11.5 Å². The summed E-state index contributed by atoms with van der Waals surface area (Å²) in [5, 5.41) is 1.13. The number of nitrogens with zero attached hydrogens (tertiary/aromatic N) is 1. The van der Waals surface area contributed by atoms with Crippen molar-refractivity contribution in [3.63, 3.8) is 0 Å². The van der Waals surface area contributed by atoms with E-state index in [2.05, 4.69) is 22.9 Å². The summed E-state index contributed by atoms with van der Waals surface area (Å²) in [6.07, 6.45) is 4.33. The molecule has 0 unspecified atom stereocenters. The van der Waals surface area contributed by atoms with Crippen molar-refractivity contribution in [1.29, 1.82) is 0 Å². The summed E-state index contributed by atoms with van der Waals surface area (Å²) in [4.78, 5) is 10.8. The summed E-state index contributed by atoms with van der Waals surface area (Å²) in [6, 6.07) is 14.1. The van der Waals surface area contributed by atoms with E-state index in [1.165, 1.54) is 0 Å². The minimum atomic E-state index is 0.519. The Morgan fingerprint density at radius 3 is 2.62 bits per heavy atom. The van der Waals surface area contributed by atoms with Crippen LogP contribution in [0.2, 0.25) is 0 Å². The second-order valence-corrected chi connectivity index (χ2v) is 5.68. The van der Waals surface area contributed by atoms with Gasteiger partial charge in [0.15, 0.2) is 0 Å². The van der Waals surface area contributed by atoms with Crippen molar-refractivity contribution in [1.82, 2.24) is 4.57 Å². The maximum absolute atomic E-state index is 10.8. The zero-order valence-corrected chi connectivity index (χ0v) is 14.0. The zero-order valence-electron chi connectivity index (χ0n) is 14.0. The molecule has 3 aromatic rings. The fourth-order valence-electron chi connectivity index (χ4n) is 3.04. The molecular formula is C20H21NO3. The Morgan fingerprint density at radius 2 is 1.88 bits per heavy atom. The second-order valence-electron chi connectivity index (χ2n) is 5.68. The molecule has 0 saturated heterocycles. The SMILES string of the molecule is COc1ccc2c(c1)c(CCC=O)cn2Cc1ccccc1OC.